The Balaban J connectivity index is 1.92. The van der Waals surface area contributed by atoms with Gasteiger partial charge in [-0.3, -0.25) is 4.90 Å². The normalized spacial score (nSPS) is 18.0. The van der Waals surface area contributed by atoms with Crippen molar-refractivity contribution in [3.63, 3.8) is 0 Å². The molecule has 1 fully saturated rings. The number of aryl methyl sites for hydroxylation is 1. The van der Waals surface area contributed by atoms with Crippen molar-refractivity contribution >= 4 is 0 Å². The van der Waals surface area contributed by atoms with Gasteiger partial charge in [-0.25, -0.2) is 0 Å². The lowest BCUT2D eigenvalue weighted by atomic mass is 9.99. The van der Waals surface area contributed by atoms with E-state index in [1.807, 2.05) is 6.07 Å². The van der Waals surface area contributed by atoms with E-state index < -0.39 is 0 Å². The van der Waals surface area contributed by atoms with Gasteiger partial charge >= 0.3 is 0 Å². The van der Waals surface area contributed by atoms with Gasteiger partial charge in [0.25, 0.3) is 0 Å². The minimum atomic E-state index is 0.436. The summed E-state index contributed by atoms with van der Waals surface area (Å²) in [5, 5.41) is 0. The van der Waals surface area contributed by atoms with E-state index in [9.17, 15) is 0 Å². The Morgan fingerprint density at radius 3 is 2.26 bits per heavy atom. The smallest absolute Gasteiger partial charge is 0.203 e. The van der Waals surface area contributed by atoms with Crippen molar-refractivity contribution in [2.75, 3.05) is 27.9 Å². The second-order valence-electron chi connectivity index (χ2n) is 7.24. The number of methoxy groups -OCH3 is 3. The molecule has 0 aliphatic carbocycles. The summed E-state index contributed by atoms with van der Waals surface area (Å²) in [7, 11) is 5.01. The molecule has 1 aliphatic heterocycles. The monoisotopic (exact) mass is 369 g/mol. The SMILES string of the molecule is COc1ccc(CN2CCCCCC2c2ccc(C)cc2)c(OC)c1OC. The summed E-state index contributed by atoms with van der Waals surface area (Å²) < 4.78 is 16.7. The van der Waals surface area contributed by atoms with Gasteiger partial charge in [-0.15, -0.1) is 0 Å². The maximum atomic E-state index is 5.71. The van der Waals surface area contributed by atoms with Crippen LogP contribution in [-0.2, 0) is 6.54 Å². The maximum absolute atomic E-state index is 5.71. The summed E-state index contributed by atoms with van der Waals surface area (Å²) in [4.78, 5) is 2.58. The van der Waals surface area contributed by atoms with Crippen LogP contribution < -0.4 is 14.2 Å². The highest BCUT2D eigenvalue weighted by Crippen LogP contribution is 2.41. The average Bonchev–Trinajstić information content (AvgIpc) is 2.93. The second-order valence-corrected chi connectivity index (χ2v) is 7.24. The average molecular weight is 370 g/mol. The molecule has 1 heterocycles. The van der Waals surface area contributed by atoms with Crippen LogP contribution >= 0.6 is 0 Å². The molecule has 27 heavy (non-hydrogen) atoms. The Hall–Kier alpha value is -2.20. The number of ether oxygens (including phenoxy) is 3. The fourth-order valence-corrected chi connectivity index (χ4v) is 4.03. The molecule has 1 saturated heterocycles. The molecule has 1 unspecified atom stereocenters. The van der Waals surface area contributed by atoms with Crippen LogP contribution in [0.4, 0.5) is 0 Å². The first-order chi connectivity index (χ1) is 13.2. The number of hydrogen-bond acceptors (Lipinski definition) is 4. The molecule has 2 aromatic carbocycles. The lowest BCUT2D eigenvalue weighted by Crippen LogP contribution is -2.28. The van der Waals surface area contributed by atoms with Crippen LogP contribution in [0.5, 0.6) is 17.2 Å². The number of likely N-dealkylation sites (tertiary alicyclic amines) is 1. The fraction of sp³-hybridized carbons (Fsp3) is 0.478. The first kappa shape index (κ1) is 19.6. The number of rotatable bonds is 6. The zero-order valence-electron chi connectivity index (χ0n) is 17.0. The second kappa shape index (κ2) is 9.14. The number of hydrogen-bond donors (Lipinski definition) is 0. The third-order valence-corrected chi connectivity index (χ3v) is 5.48. The molecule has 4 heteroatoms. The van der Waals surface area contributed by atoms with E-state index in [1.165, 1.54) is 36.8 Å². The summed E-state index contributed by atoms with van der Waals surface area (Å²) in [6.45, 7) is 4.07. The van der Waals surface area contributed by atoms with Gasteiger partial charge in [-0.2, -0.15) is 0 Å². The van der Waals surface area contributed by atoms with Crippen molar-refractivity contribution in [3.05, 3.63) is 53.1 Å². The zero-order chi connectivity index (χ0) is 19.2. The molecule has 0 spiro atoms. The molecule has 146 valence electrons. The summed E-state index contributed by atoms with van der Waals surface area (Å²) >= 11 is 0. The summed E-state index contributed by atoms with van der Waals surface area (Å²) in [6, 6.07) is 13.5. The van der Waals surface area contributed by atoms with Crippen molar-refractivity contribution in [1.29, 1.82) is 0 Å². The van der Waals surface area contributed by atoms with E-state index in [0.29, 0.717) is 17.5 Å². The van der Waals surface area contributed by atoms with Gasteiger partial charge in [0, 0.05) is 18.2 Å². The van der Waals surface area contributed by atoms with Gasteiger partial charge in [0.05, 0.1) is 21.3 Å². The Bertz CT molecular complexity index is 742. The molecule has 2 aromatic rings. The molecule has 0 bridgehead atoms. The fourth-order valence-electron chi connectivity index (χ4n) is 4.03. The van der Waals surface area contributed by atoms with Crippen LogP contribution in [0.15, 0.2) is 36.4 Å². The van der Waals surface area contributed by atoms with Crippen LogP contribution in [0.3, 0.4) is 0 Å². The molecular weight excluding hydrogens is 338 g/mol. The molecule has 1 aliphatic rings. The van der Waals surface area contributed by atoms with E-state index >= 15 is 0 Å². The largest absolute Gasteiger partial charge is 0.493 e. The molecule has 0 saturated carbocycles. The van der Waals surface area contributed by atoms with E-state index in [4.69, 9.17) is 14.2 Å². The van der Waals surface area contributed by atoms with Crippen LogP contribution in [0.1, 0.15) is 48.4 Å². The molecule has 4 nitrogen and oxygen atoms in total. The number of nitrogens with zero attached hydrogens (tertiary/aromatic N) is 1. The maximum Gasteiger partial charge on any atom is 0.203 e. The first-order valence-corrected chi connectivity index (χ1v) is 9.76. The predicted molar refractivity (Wildman–Crippen MR) is 109 cm³/mol. The third-order valence-electron chi connectivity index (χ3n) is 5.48. The van der Waals surface area contributed by atoms with Crippen molar-refractivity contribution in [1.82, 2.24) is 4.90 Å². The van der Waals surface area contributed by atoms with E-state index in [1.54, 1.807) is 21.3 Å². The van der Waals surface area contributed by atoms with Crippen molar-refractivity contribution in [2.24, 2.45) is 0 Å². The molecule has 0 aromatic heterocycles. The molecule has 1 atom stereocenters. The lowest BCUT2D eigenvalue weighted by molar-refractivity contribution is 0.189. The highest BCUT2D eigenvalue weighted by molar-refractivity contribution is 5.55. The van der Waals surface area contributed by atoms with Gasteiger partial charge in [-0.05, 0) is 37.9 Å². The van der Waals surface area contributed by atoms with Crippen LogP contribution in [0.25, 0.3) is 0 Å². The van der Waals surface area contributed by atoms with Gasteiger partial charge in [0.2, 0.25) is 5.75 Å². The minimum absolute atomic E-state index is 0.436. The molecule has 3 rings (SSSR count). The van der Waals surface area contributed by atoms with Gasteiger partial charge in [-0.1, -0.05) is 48.7 Å². The summed E-state index contributed by atoms with van der Waals surface area (Å²) in [5.74, 6) is 2.13. The standard InChI is InChI=1S/C23H31NO3/c1-17-9-11-18(12-10-17)20-8-6-5-7-15-24(20)16-19-13-14-21(25-2)23(27-4)22(19)26-3/h9-14,20H,5-8,15-16H2,1-4H3. The van der Waals surface area contributed by atoms with Crippen molar-refractivity contribution in [3.8, 4) is 17.2 Å². The van der Waals surface area contributed by atoms with Crippen LogP contribution in [0, 0.1) is 6.92 Å². The van der Waals surface area contributed by atoms with Crippen molar-refractivity contribution in [2.45, 2.75) is 45.2 Å². The van der Waals surface area contributed by atoms with E-state index in [2.05, 4.69) is 42.2 Å². The van der Waals surface area contributed by atoms with Crippen LogP contribution in [0.2, 0.25) is 0 Å². The van der Waals surface area contributed by atoms with E-state index in [-0.39, 0.29) is 0 Å². The predicted octanol–water partition coefficient (Wildman–Crippen LogP) is 5.14. The molecule has 0 radical (unpaired) electrons. The van der Waals surface area contributed by atoms with Gasteiger partial charge < -0.3 is 14.2 Å². The lowest BCUT2D eigenvalue weighted by Gasteiger charge is -2.31. The first-order valence-electron chi connectivity index (χ1n) is 9.76. The van der Waals surface area contributed by atoms with Crippen LogP contribution in [-0.4, -0.2) is 32.8 Å². The number of benzene rings is 2. The Labute approximate surface area is 163 Å². The minimum Gasteiger partial charge on any atom is -0.493 e. The van der Waals surface area contributed by atoms with Crippen molar-refractivity contribution < 1.29 is 14.2 Å². The third kappa shape index (κ3) is 4.38. The summed E-state index contributed by atoms with van der Waals surface area (Å²) in [6.07, 6.45) is 5.00. The molecule has 0 N–H and O–H groups in total. The summed E-state index contributed by atoms with van der Waals surface area (Å²) in [5.41, 5.74) is 3.84. The molecular formula is C23H31NO3. The Morgan fingerprint density at radius 2 is 1.59 bits per heavy atom. The Kier molecular flexibility index (Phi) is 6.62. The Morgan fingerprint density at radius 1 is 0.852 bits per heavy atom. The highest BCUT2D eigenvalue weighted by atomic mass is 16.5. The highest BCUT2D eigenvalue weighted by Gasteiger charge is 2.25. The molecule has 0 amide bonds. The topological polar surface area (TPSA) is 30.9 Å². The van der Waals surface area contributed by atoms with Gasteiger partial charge in [0.15, 0.2) is 11.5 Å². The zero-order valence-corrected chi connectivity index (χ0v) is 17.0. The quantitative estimate of drug-likeness (QED) is 0.706. The van der Waals surface area contributed by atoms with Gasteiger partial charge in [0.1, 0.15) is 0 Å². The van der Waals surface area contributed by atoms with E-state index in [0.717, 1.165) is 24.4 Å².